The Balaban J connectivity index is 0.00000400. The molecule has 0 aliphatic carbocycles. The maximum atomic E-state index is 6.46. The molecular formula is C47H34N4OPt. The second kappa shape index (κ2) is 14.5. The summed E-state index contributed by atoms with van der Waals surface area (Å²) in [6.07, 6.45) is 5.88. The third-order valence-electron chi connectivity index (χ3n) is 9.55. The molecule has 0 saturated heterocycles. The number of fused-ring (bicyclic) bond motifs is 3. The van der Waals surface area contributed by atoms with Crippen LogP contribution in [0.15, 0.2) is 164 Å². The Hall–Kier alpha value is -6.03. The zero-order chi connectivity index (χ0) is 35.0. The van der Waals surface area contributed by atoms with Crippen LogP contribution in [-0.4, -0.2) is 19.3 Å². The number of rotatable bonds is 8. The van der Waals surface area contributed by atoms with Crippen molar-refractivity contribution < 1.29 is 25.8 Å². The van der Waals surface area contributed by atoms with Gasteiger partial charge in [-0.2, -0.15) is 17.2 Å². The molecule has 0 atom stereocenters. The van der Waals surface area contributed by atoms with Gasteiger partial charge in [0.15, 0.2) is 0 Å². The molecule has 0 aliphatic heterocycles. The topological polar surface area (TPSA) is 44.9 Å². The minimum absolute atomic E-state index is 0. The van der Waals surface area contributed by atoms with Gasteiger partial charge in [0.25, 0.3) is 0 Å². The largest absolute Gasteiger partial charge is 2.00 e. The van der Waals surface area contributed by atoms with Crippen molar-refractivity contribution in [3.8, 4) is 56.4 Å². The Morgan fingerprint density at radius 3 is 2.04 bits per heavy atom. The van der Waals surface area contributed by atoms with Crippen LogP contribution in [0, 0.1) is 12.1 Å². The van der Waals surface area contributed by atoms with E-state index in [1.54, 1.807) is 0 Å². The first-order valence-corrected chi connectivity index (χ1v) is 17.5. The van der Waals surface area contributed by atoms with Crippen LogP contribution in [0.5, 0.6) is 11.5 Å². The van der Waals surface area contributed by atoms with Crippen molar-refractivity contribution in [1.82, 2.24) is 19.3 Å². The van der Waals surface area contributed by atoms with Crippen molar-refractivity contribution in [2.75, 3.05) is 0 Å². The Morgan fingerprint density at radius 2 is 1.30 bits per heavy atom. The van der Waals surface area contributed by atoms with E-state index < -0.39 is 0 Å². The molecule has 9 aromatic rings. The standard InChI is InChI=1S/C47H34N4O.Pt/c1-32(2)35-25-26-48-46(27-35)51-44-22-10-9-19-42(44)43-24-23-39(29-45(43)51)52-38-18-11-17-37(28-38)50-31-36(30-49-50)47-40(33-13-5-3-6-14-33)20-12-21-41(47)34-15-7-4-8-16-34;/h3-27,30-32H,1-2H3;/q-2;+2. The van der Waals surface area contributed by atoms with E-state index in [1.165, 1.54) is 5.56 Å². The van der Waals surface area contributed by atoms with Gasteiger partial charge in [0.1, 0.15) is 5.82 Å². The van der Waals surface area contributed by atoms with Crippen LogP contribution in [-0.2, 0) is 21.1 Å². The van der Waals surface area contributed by atoms with Crippen molar-refractivity contribution in [3.05, 3.63) is 182 Å². The SMILES string of the molecule is CC(C)c1ccnc(-n2c3[c-]c(Oc4[c-]c(-n5cc(-c6c(-c7ccccc7)cccc6-c6ccccc6)cn5)ccc4)ccc3c3ccccc32)c1.[Pt+2]. The monoisotopic (exact) mass is 865 g/mol. The zero-order valence-electron chi connectivity index (χ0n) is 29.2. The number of hydrogen-bond donors (Lipinski definition) is 0. The molecule has 0 amide bonds. The fourth-order valence-electron chi connectivity index (χ4n) is 7.00. The van der Waals surface area contributed by atoms with Crippen LogP contribution in [0.2, 0.25) is 0 Å². The van der Waals surface area contributed by atoms with E-state index in [-0.39, 0.29) is 21.1 Å². The molecular weight excluding hydrogens is 832 g/mol. The molecule has 5 nitrogen and oxygen atoms in total. The third-order valence-corrected chi connectivity index (χ3v) is 9.55. The summed E-state index contributed by atoms with van der Waals surface area (Å²) < 4.78 is 10.5. The number of aromatic nitrogens is 4. The summed E-state index contributed by atoms with van der Waals surface area (Å²) in [4.78, 5) is 4.78. The molecule has 258 valence electrons. The van der Waals surface area contributed by atoms with E-state index in [9.17, 15) is 0 Å². The smallest absolute Gasteiger partial charge is 0.509 e. The molecule has 6 heteroatoms. The van der Waals surface area contributed by atoms with Gasteiger partial charge >= 0.3 is 21.1 Å². The van der Waals surface area contributed by atoms with Crippen molar-refractivity contribution in [2.45, 2.75) is 19.8 Å². The van der Waals surface area contributed by atoms with E-state index >= 15 is 0 Å². The van der Waals surface area contributed by atoms with Gasteiger partial charge in [0.05, 0.1) is 6.20 Å². The van der Waals surface area contributed by atoms with Gasteiger partial charge in [0.2, 0.25) is 0 Å². The minimum Gasteiger partial charge on any atom is -0.509 e. The Bertz CT molecular complexity index is 2640. The number of ether oxygens (including phenoxy) is 1. The minimum atomic E-state index is 0. The van der Waals surface area contributed by atoms with Gasteiger partial charge in [-0.05, 0) is 63.0 Å². The quantitative estimate of drug-likeness (QED) is 0.143. The van der Waals surface area contributed by atoms with Gasteiger partial charge in [-0.25, -0.2) is 4.98 Å². The molecule has 0 aliphatic rings. The number of hydrogen-bond acceptors (Lipinski definition) is 3. The average molecular weight is 866 g/mol. The molecule has 0 fully saturated rings. The van der Waals surface area contributed by atoms with Gasteiger partial charge in [-0.3, -0.25) is 4.68 Å². The fourth-order valence-corrected chi connectivity index (χ4v) is 7.00. The second-order valence-electron chi connectivity index (χ2n) is 13.2. The molecule has 3 heterocycles. The molecule has 6 aromatic carbocycles. The number of pyridine rings is 1. The molecule has 53 heavy (non-hydrogen) atoms. The van der Waals surface area contributed by atoms with Gasteiger partial charge < -0.3 is 9.30 Å². The van der Waals surface area contributed by atoms with E-state index in [4.69, 9.17) is 14.8 Å². The van der Waals surface area contributed by atoms with Crippen molar-refractivity contribution in [1.29, 1.82) is 0 Å². The fraction of sp³-hybridized carbons (Fsp3) is 0.0638. The summed E-state index contributed by atoms with van der Waals surface area (Å²) in [6, 6.07) is 57.1. The number of benzene rings is 6. The van der Waals surface area contributed by atoms with E-state index in [1.807, 2.05) is 53.5 Å². The Morgan fingerprint density at radius 1 is 0.623 bits per heavy atom. The summed E-state index contributed by atoms with van der Waals surface area (Å²) in [7, 11) is 0. The first-order chi connectivity index (χ1) is 25.6. The molecule has 0 spiro atoms. The molecule has 0 unspecified atom stereocenters. The van der Waals surface area contributed by atoms with Crippen molar-refractivity contribution >= 4 is 21.8 Å². The average Bonchev–Trinajstić information content (AvgIpc) is 3.82. The second-order valence-corrected chi connectivity index (χ2v) is 13.2. The van der Waals surface area contributed by atoms with Gasteiger partial charge in [0, 0.05) is 40.5 Å². The first kappa shape index (κ1) is 34.1. The van der Waals surface area contributed by atoms with Crippen LogP contribution in [0.4, 0.5) is 0 Å². The molecule has 0 N–H and O–H groups in total. The van der Waals surface area contributed by atoms with Crippen molar-refractivity contribution in [3.63, 3.8) is 0 Å². The predicted octanol–water partition coefficient (Wildman–Crippen LogP) is 11.9. The third kappa shape index (κ3) is 6.50. The van der Waals surface area contributed by atoms with E-state index in [0.29, 0.717) is 17.4 Å². The Kier molecular flexibility index (Phi) is 9.35. The molecule has 9 rings (SSSR count). The van der Waals surface area contributed by atoms with Crippen LogP contribution in [0.1, 0.15) is 25.3 Å². The predicted molar refractivity (Wildman–Crippen MR) is 210 cm³/mol. The van der Waals surface area contributed by atoms with Crippen LogP contribution in [0.3, 0.4) is 0 Å². The molecule has 0 radical (unpaired) electrons. The Labute approximate surface area is 323 Å². The summed E-state index contributed by atoms with van der Waals surface area (Å²) in [5.41, 5.74) is 10.7. The maximum absolute atomic E-state index is 6.46. The zero-order valence-corrected chi connectivity index (χ0v) is 31.5. The summed E-state index contributed by atoms with van der Waals surface area (Å²) in [5.74, 6) is 2.41. The van der Waals surface area contributed by atoms with Crippen molar-refractivity contribution in [2.24, 2.45) is 0 Å². The summed E-state index contributed by atoms with van der Waals surface area (Å²) >= 11 is 0. The molecule has 0 bridgehead atoms. The van der Waals surface area contributed by atoms with Crippen LogP contribution >= 0.6 is 0 Å². The molecule has 0 saturated carbocycles. The number of para-hydroxylation sites is 1. The molecule has 3 aromatic heterocycles. The van der Waals surface area contributed by atoms with Crippen LogP contribution in [0.25, 0.3) is 66.7 Å². The maximum Gasteiger partial charge on any atom is 2.00 e. The number of nitrogens with zero attached hydrogens (tertiary/aromatic N) is 4. The van der Waals surface area contributed by atoms with E-state index in [0.717, 1.165) is 66.7 Å². The summed E-state index contributed by atoms with van der Waals surface area (Å²) in [6.45, 7) is 4.40. The van der Waals surface area contributed by atoms with Gasteiger partial charge in [-0.15, -0.1) is 35.7 Å². The van der Waals surface area contributed by atoms with Crippen LogP contribution < -0.4 is 4.74 Å². The summed E-state index contributed by atoms with van der Waals surface area (Å²) in [5, 5.41) is 7.05. The normalized spacial score (nSPS) is 11.2. The van der Waals surface area contributed by atoms with E-state index in [2.05, 4.69) is 146 Å². The van der Waals surface area contributed by atoms with Gasteiger partial charge in [-0.1, -0.05) is 116 Å². The first-order valence-electron chi connectivity index (χ1n) is 17.5.